The fourth-order valence-corrected chi connectivity index (χ4v) is 3.84. The summed E-state index contributed by atoms with van der Waals surface area (Å²) in [6.45, 7) is 4.94. The van der Waals surface area contributed by atoms with Gasteiger partial charge in [-0.3, -0.25) is 4.79 Å². The van der Waals surface area contributed by atoms with Gasteiger partial charge in [0.2, 0.25) is 0 Å². The van der Waals surface area contributed by atoms with Gasteiger partial charge in [0.1, 0.15) is 5.75 Å². The molecule has 0 saturated carbocycles. The Morgan fingerprint density at radius 3 is 2.37 bits per heavy atom. The van der Waals surface area contributed by atoms with Crippen molar-refractivity contribution in [2.24, 2.45) is 0 Å². The van der Waals surface area contributed by atoms with E-state index in [2.05, 4.69) is 11.4 Å². The van der Waals surface area contributed by atoms with E-state index in [0.29, 0.717) is 17.0 Å². The third kappa shape index (κ3) is 6.84. The molecule has 2 atom stereocenters. The first-order chi connectivity index (χ1) is 16.6. The third-order valence-electron chi connectivity index (χ3n) is 5.77. The Balaban J connectivity index is 1.79. The largest absolute Gasteiger partial charge is 0.508 e. The topological polar surface area (TPSA) is 99.4 Å². The minimum atomic E-state index is -1.44. The molecule has 0 aliphatic heterocycles. The van der Waals surface area contributed by atoms with E-state index < -0.39 is 17.5 Å². The Labute approximate surface area is 210 Å². The van der Waals surface area contributed by atoms with Gasteiger partial charge >= 0.3 is 5.97 Å². The molecular formula is C28H27ClN2O4. The highest BCUT2D eigenvalue weighted by Gasteiger charge is 2.34. The molecule has 0 spiro atoms. The van der Waals surface area contributed by atoms with E-state index in [4.69, 9.17) is 16.3 Å². The zero-order valence-corrected chi connectivity index (χ0v) is 20.5. The molecule has 6 nitrogen and oxygen atoms in total. The van der Waals surface area contributed by atoms with E-state index in [1.54, 1.807) is 6.07 Å². The quantitative estimate of drug-likeness (QED) is 0.413. The van der Waals surface area contributed by atoms with Crippen LogP contribution < -0.4 is 5.32 Å². The highest BCUT2D eigenvalue weighted by molar-refractivity contribution is 6.30. The smallest absolute Gasteiger partial charge is 0.339 e. The summed E-state index contributed by atoms with van der Waals surface area (Å²) in [6, 6.07) is 22.2. The van der Waals surface area contributed by atoms with Crippen molar-refractivity contribution in [3.8, 4) is 11.8 Å². The van der Waals surface area contributed by atoms with Crippen LogP contribution in [-0.4, -0.2) is 28.6 Å². The van der Waals surface area contributed by atoms with E-state index >= 15 is 0 Å². The van der Waals surface area contributed by atoms with E-state index in [1.165, 1.54) is 38.1 Å². The summed E-state index contributed by atoms with van der Waals surface area (Å²) >= 11 is 6.03. The Kier molecular flexibility index (Phi) is 8.16. The molecule has 7 heteroatoms. The summed E-state index contributed by atoms with van der Waals surface area (Å²) in [7, 11) is 0. The number of nitrogens with one attached hydrogen (secondary N) is 1. The van der Waals surface area contributed by atoms with Crippen molar-refractivity contribution in [3.05, 3.63) is 100 Å². The fraction of sp³-hybridized carbons (Fsp3) is 0.250. The number of halogens is 1. The number of hydrogen-bond acceptors (Lipinski definition) is 5. The average molecular weight is 491 g/mol. The number of phenolic OH excluding ortho intramolecular Hbond substituents is 1. The van der Waals surface area contributed by atoms with Crippen molar-refractivity contribution in [3.63, 3.8) is 0 Å². The maximum Gasteiger partial charge on any atom is 0.339 e. The molecule has 0 aromatic heterocycles. The molecular weight excluding hydrogens is 464 g/mol. The van der Waals surface area contributed by atoms with Crippen molar-refractivity contribution in [1.82, 2.24) is 5.32 Å². The lowest BCUT2D eigenvalue weighted by Gasteiger charge is -2.30. The van der Waals surface area contributed by atoms with Crippen molar-refractivity contribution in [2.45, 2.75) is 44.8 Å². The number of hydrogen-bond donors (Lipinski definition) is 2. The lowest BCUT2D eigenvalue weighted by atomic mass is 9.85. The predicted octanol–water partition coefficient (Wildman–Crippen LogP) is 5.38. The van der Waals surface area contributed by atoms with Crippen LogP contribution in [0.5, 0.6) is 5.75 Å². The maximum absolute atomic E-state index is 13.2. The maximum atomic E-state index is 13.2. The van der Waals surface area contributed by atoms with Gasteiger partial charge < -0.3 is 15.2 Å². The number of rotatable bonds is 8. The molecule has 3 aromatic carbocycles. The number of aromatic hydroxyl groups is 1. The molecule has 3 aromatic rings. The van der Waals surface area contributed by atoms with E-state index in [1.807, 2.05) is 49.4 Å². The van der Waals surface area contributed by atoms with Crippen LogP contribution in [-0.2, 0) is 16.0 Å². The minimum Gasteiger partial charge on any atom is -0.508 e. The third-order valence-corrected chi connectivity index (χ3v) is 6.02. The number of carbonyl (C=O) groups excluding carboxylic acids is 2. The Morgan fingerprint density at radius 1 is 1.09 bits per heavy atom. The molecule has 0 heterocycles. The first-order valence-corrected chi connectivity index (χ1v) is 11.5. The molecule has 0 radical (unpaired) electrons. The standard InChI is InChI=1S/C28H27ClN2O4/c1-18(31-27(34)28(2,3)35-26(33)21-9-13-24(32)14-10-21)25(16-19-7-11-23(29)12-8-19)22-6-4-5-20(15-22)17-30/h4-15,18,25,32H,16H2,1-3H3,(H,31,34)/t18-,25+/m0/s1. The lowest BCUT2D eigenvalue weighted by molar-refractivity contribution is -0.138. The van der Waals surface area contributed by atoms with Gasteiger partial charge in [0.15, 0.2) is 5.60 Å². The SMILES string of the molecule is C[C@H](NC(=O)C(C)(C)OC(=O)c1ccc(O)cc1)[C@@H](Cc1ccc(Cl)cc1)c1cccc(C#N)c1. The highest BCUT2D eigenvalue weighted by atomic mass is 35.5. The number of nitrogens with zero attached hydrogens (tertiary/aromatic N) is 1. The summed E-state index contributed by atoms with van der Waals surface area (Å²) in [5.41, 5.74) is 1.25. The molecule has 35 heavy (non-hydrogen) atoms. The second-order valence-electron chi connectivity index (χ2n) is 8.88. The summed E-state index contributed by atoms with van der Waals surface area (Å²) in [5, 5.41) is 22.4. The number of carbonyl (C=O) groups is 2. The van der Waals surface area contributed by atoms with Gasteiger partial charge in [0.25, 0.3) is 5.91 Å². The second kappa shape index (κ2) is 11.1. The molecule has 0 bridgehead atoms. The van der Waals surface area contributed by atoms with Gasteiger partial charge in [0.05, 0.1) is 17.2 Å². The van der Waals surface area contributed by atoms with E-state index in [0.717, 1.165) is 11.1 Å². The minimum absolute atomic E-state index is 0.0274. The number of ether oxygens (including phenoxy) is 1. The average Bonchev–Trinajstić information content (AvgIpc) is 2.83. The van der Waals surface area contributed by atoms with Gasteiger partial charge in [-0.1, -0.05) is 35.9 Å². The normalized spacial score (nSPS) is 12.8. The predicted molar refractivity (Wildman–Crippen MR) is 134 cm³/mol. The van der Waals surface area contributed by atoms with Gasteiger partial charge in [-0.25, -0.2) is 4.79 Å². The van der Waals surface area contributed by atoms with E-state index in [-0.39, 0.29) is 23.3 Å². The zero-order chi connectivity index (χ0) is 25.6. The summed E-state index contributed by atoms with van der Waals surface area (Å²) in [6.07, 6.45) is 0.598. The van der Waals surface area contributed by atoms with Crippen molar-refractivity contribution in [1.29, 1.82) is 5.26 Å². The number of esters is 1. The Bertz CT molecular complexity index is 1230. The second-order valence-corrected chi connectivity index (χ2v) is 9.32. The first kappa shape index (κ1) is 25.8. The van der Waals surface area contributed by atoms with Crippen molar-refractivity contribution >= 4 is 23.5 Å². The molecule has 1 amide bonds. The fourth-order valence-electron chi connectivity index (χ4n) is 3.71. The Morgan fingerprint density at radius 2 is 1.74 bits per heavy atom. The lowest BCUT2D eigenvalue weighted by Crippen LogP contribution is -2.50. The van der Waals surface area contributed by atoms with Crippen LogP contribution in [0.3, 0.4) is 0 Å². The van der Waals surface area contributed by atoms with Crippen LogP contribution >= 0.6 is 11.6 Å². The molecule has 2 N–H and O–H groups in total. The number of nitriles is 1. The van der Waals surface area contributed by atoms with Crippen LogP contribution in [0.1, 0.15) is 53.7 Å². The number of benzene rings is 3. The molecule has 0 aliphatic carbocycles. The molecule has 0 fully saturated rings. The molecule has 3 rings (SSSR count). The summed E-state index contributed by atoms with van der Waals surface area (Å²) < 4.78 is 5.49. The first-order valence-electron chi connectivity index (χ1n) is 11.2. The van der Waals surface area contributed by atoms with Crippen LogP contribution in [0.25, 0.3) is 0 Å². The monoisotopic (exact) mass is 490 g/mol. The molecule has 180 valence electrons. The van der Waals surface area contributed by atoms with Gasteiger partial charge in [-0.15, -0.1) is 0 Å². The van der Waals surface area contributed by atoms with Gasteiger partial charge in [0, 0.05) is 17.0 Å². The number of phenols is 1. The van der Waals surface area contributed by atoms with E-state index in [9.17, 15) is 20.0 Å². The molecule has 0 aliphatic rings. The summed E-state index contributed by atoms with van der Waals surface area (Å²) in [5.74, 6) is -1.25. The zero-order valence-electron chi connectivity index (χ0n) is 19.8. The van der Waals surface area contributed by atoms with Crippen molar-refractivity contribution < 1.29 is 19.4 Å². The van der Waals surface area contributed by atoms with Crippen LogP contribution in [0.2, 0.25) is 5.02 Å². The number of amides is 1. The summed E-state index contributed by atoms with van der Waals surface area (Å²) in [4.78, 5) is 25.7. The van der Waals surface area contributed by atoms with Crippen LogP contribution in [0.15, 0.2) is 72.8 Å². The highest BCUT2D eigenvalue weighted by Crippen LogP contribution is 2.27. The Hall–Kier alpha value is -3.82. The van der Waals surface area contributed by atoms with Crippen LogP contribution in [0, 0.1) is 11.3 Å². The van der Waals surface area contributed by atoms with Gasteiger partial charge in [-0.2, -0.15) is 5.26 Å². The van der Waals surface area contributed by atoms with Gasteiger partial charge in [-0.05, 0) is 86.8 Å². The molecule has 0 unspecified atom stereocenters. The van der Waals surface area contributed by atoms with Crippen molar-refractivity contribution in [2.75, 3.05) is 0 Å². The molecule has 0 saturated heterocycles. The van der Waals surface area contributed by atoms with Crippen LogP contribution in [0.4, 0.5) is 0 Å².